The topological polar surface area (TPSA) is 72.8 Å². The summed E-state index contributed by atoms with van der Waals surface area (Å²) in [6, 6.07) is 0. The van der Waals surface area contributed by atoms with E-state index in [1.165, 1.54) is 38.5 Å². The van der Waals surface area contributed by atoms with Crippen LogP contribution in [0.5, 0.6) is 0 Å². The van der Waals surface area contributed by atoms with Crippen molar-refractivity contribution in [1.82, 2.24) is 0 Å². The van der Waals surface area contributed by atoms with E-state index < -0.39 is 17.2 Å². The summed E-state index contributed by atoms with van der Waals surface area (Å²) in [4.78, 5) is 25.0. The van der Waals surface area contributed by atoms with Crippen LogP contribution in [0.3, 0.4) is 0 Å². The third-order valence-corrected chi connectivity index (χ3v) is 13.7. The van der Waals surface area contributed by atoms with Crippen LogP contribution in [0.25, 0.3) is 0 Å². The van der Waals surface area contributed by atoms with E-state index in [9.17, 15) is 14.7 Å². The predicted molar refractivity (Wildman–Crippen MR) is 130 cm³/mol. The predicted octanol–water partition coefficient (Wildman–Crippen LogP) is 5.20. The molecular weight excluding hydrogens is 440 g/mol. The molecule has 192 valence electrons. The number of rotatable bonds is 1. The Morgan fingerprint density at radius 2 is 1.66 bits per heavy atom. The van der Waals surface area contributed by atoms with Gasteiger partial charge in [0.2, 0.25) is 0 Å². The van der Waals surface area contributed by atoms with E-state index in [1.807, 2.05) is 0 Å². The molecule has 7 rings (SSSR count). The quantitative estimate of drug-likeness (QED) is 0.520. The van der Waals surface area contributed by atoms with Gasteiger partial charge in [-0.25, -0.2) is 9.59 Å². The van der Waals surface area contributed by atoms with Crippen LogP contribution in [0.4, 0.5) is 0 Å². The number of hydrogen-bond donors (Lipinski definition) is 1. The molecule has 5 saturated carbocycles. The summed E-state index contributed by atoms with van der Waals surface area (Å²) < 4.78 is 11.8. The van der Waals surface area contributed by atoms with Gasteiger partial charge < -0.3 is 14.6 Å². The number of fused-ring (bicyclic) bond motifs is 4. The number of carbonyl (C=O) groups excluding carboxylic acids is 2. The normalized spacial score (nSPS) is 59.4. The van der Waals surface area contributed by atoms with Gasteiger partial charge in [-0.3, -0.25) is 0 Å². The van der Waals surface area contributed by atoms with Crippen molar-refractivity contribution in [3.63, 3.8) is 0 Å². The molecule has 0 aromatic carbocycles. The summed E-state index contributed by atoms with van der Waals surface area (Å²) in [5.74, 6) is 1.41. The van der Waals surface area contributed by atoms with Crippen LogP contribution in [-0.2, 0) is 19.1 Å². The van der Waals surface area contributed by atoms with Crippen LogP contribution < -0.4 is 0 Å². The van der Waals surface area contributed by atoms with Gasteiger partial charge in [0.1, 0.15) is 11.7 Å². The summed E-state index contributed by atoms with van der Waals surface area (Å²) in [7, 11) is 0. The Morgan fingerprint density at radius 3 is 2.43 bits per heavy atom. The molecule has 11 atom stereocenters. The lowest BCUT2D eigenvalue weighted by atomic mass is 9.43. The van der Waals surface area contributed by atoms with Crippen molar-refractivity contribution < 1.29 is 24.2 Å². The average Bonchev–Trinajstić information content (AvgIpc) is 3.21. The lowest BCUT2D eigenvalue weighted by molar-refractivity contribution is -0.185. The number of allylic oxidation sites excluding steroid dienone is 1. The van der Waals surface area contributed by atoms with E-state index in [1.54, 1.807) is 13.0 Å². The zero-order chi connectivity index (χ0) is 24.8. The molecule has 0 amide bonds. The molecule has 35 heavy (non-hydrogen) atoms. The second-order valence-corrected chi connectivity index (χ2v) is 14.8. The Bertz CT molecular complexity index is 1040. The molecule has 1 N–H and O–H groups in total. The highest BCUT2D eigenvalue weighted by atomic mass is 16.6. The molecule has 2 bridgehead atoms. The fourth-order valence-corrected chi connectivity index (χ4v) is 11.7. The Morgan fingerprint density at radius 1 is 0.914 bits per heavy atom. The van der Waals surface area contributed by atoms with Crippen molar-refractivity contribution in [1.29, 1.82) is 0 Å². The number of carbonyl (C=O) groups is 2. The minimum absolute atomic E-state index is 0.0236. The van der Waals surface area contributed by atoms with Gasteiger partial charge in [-0.2, -0.15) is 0 Å². The largest absolute Gasteiger partial charge is 0.460 e. The molecule has 2 aliphatic heterocycles. The number of ether oxygens (including phenoxy) is 2. The van der Waals surface area contributed by atoms with Crippen molar-refractivity contribution in [3.8, 4) is 0 Å². The number of esters is 2. The first-order valence-corrected chi connectivity index (χ1v) is 14.2. The van der Waals surface area contributed by atoms with E-state index in [2.05, 4.69) is 33.8 Å². The van der Waals surface area contributed by atoms with Crippen LogP contribution in [0.2, 0.25) is 0 Å². The molecule has 6 fully saturated rings. The molecule has 5 aliphatic carbocycles. The van der Waals surface area contributed by atoms with E-state index in [0.717, 1.165) is 19.3 Å². The van der Waals surface area contributed by atoms with Crippen molar-refractivity contribution in [2.24, 2.45) is 51.2 Å². The van der Waals surface area contributed by atoms with Gasteiger partial charge >= 0.3 is 11.9 Å². The van der Waals surface area contributed by atoms with Crippen LogP contribution in [0.1, 0.15) is 92.4 Å². The fraction of sp³-hybridized carbons (Fsp3) is 0.867. The second-order valence-electron chi connectivity index (χ2n) is 14.8. The lowest BCUT2D eigenvalue weighted by Gasteiger charge is -2.61. The molecule has 0 unspecified atom stereocenters. The molecule has 0 aromatic heterocycles. The standard InChI is InChI=1S/C30H42O5/c1-25(2)21-6-7-22-27(4)10-8-19(18-14-17-15-20(18)34-24(32)28(17,5)33)26(27,3)12-13-30(22)16-29(21,30)11-9-23(31)35-25/h9,11,17-22,33H,6-8,10,12-16H2,1-5H3/t17-,18+,19-,20-,21+,22+,26-,27+,28-,29-,30+/m1/s1. The Hall–Kier alpha value is -1.36. The second kappa shape index (κ2) is 6.37. The molecule has 5 heteroatoms. The third-order valence-electron chi connectivity index (χ3n) is 13.7. The molecule has 7 aliphatic rings. The van der Waals surface area contributed by atoms with E-state index in [4.69, 9.17) is 9.47 Å². The highest BCUT2D eigenvalue weighted by molar-refractivity contribution is 5.83. The SMILES string of the molecule is CC1(C)OC(=O)C=C[C@]23C[C@]24CC[C@]2(C)[C@@H]([C@@H]5C[C@@H]6C[C@H]5OC(=O)[C@]6(C)O)CC[C@@]2(C)[C@@H]4CC[C@@H]13. The first-order valence-electron chi connectivity index (χ1n) is 14.2. The van der Waals surface area contributed by atoms with Crippen molar-refractivity contribution in [3.05, 3.63) is 12.2 Å². The van der Waals surface area contributed by atoms with Gasteiger partial charge in [0.05, 0.1) is 0 Å². The summed E-state index contributed by atoms with van der Waals surface area (Å²) in [5, 5.41) is 10.8. The summed E-state index contributed by atoms with van der Waals surface area (Å²) in [6.07, 6.45) is 14.2. The van der Waals surface area contributed by atoms with Crippen molar-refractivity contribution in [2.75, 3.05) is 0 Å². The number of hydrogen-bond acceptors (Lipinski definition) is 5. The first kappa shape index (κ1) is 22.8. The average molecular weight is 483 g/mol. The zero-order valence-corrected chi connectivity index (χ0v) is 22.1. The molecule has 5 nitrogen and oxygen atoms in total. The number of aliphatic hydroxyl groups is 1. The van der Waals surface area contributed by atoms with E-state index in [-0.39, 0.29) is 34.2 Å². The Kier molecular flexibility index (Phi) is 4.15. The summed E-state index contributed by atoms with van der Waals surface area (Å²) in [6.45, 7) is 11.1. The van der Waals surface area contributed by atoms with Gasteiger partial charge in [-0.05, 0) is 113 Å². The van der Waals surface area contributed by atoms with Gasteiger partial charge in [-0.15, -0.1) is 0 Å². The van der Waals surface area contributed by atoms with Gasteiger partial charge in [0.25, 0.3) is 0 Å². The Balaban J connectivity index is 1.23. The van der Waals surface area contributed by atoms with Crippen molar-refractivity contribution >= 4 is 11.9 Å². The maximum atomic E-state index is 12.5. The third kappa shape index (κ3) is 2.46. The number of cyclic esters (lactones) is 1. The van der Waals surface area contributed by atoms with Gasteiger partial charge in [-0.1, -0.05) is 19.9 Å². The summed E-state index contributed by atoms with van der Waals surface area (Å²) in [5.41, 5.74) is -0.883. The lowest BCUT2D eigenvalue weighted by Crippen LogP contribution is -2.56. The van der Waals surface area contributed by atoms with Gasteiger partial charge in [0, 0.05) is 23.3 Å². The zero-order valence-electron chi connectivity index (χ0n) is 22.1. The monoisotopic (exact) mass is 482 g/mol. The highest BCUT2D eigenvalue weighted by Crippen LogP contribution is 2.87. The van der Waals surface area contributed by atoms with Crippen molar-refractivity contribution in [2.45, 2.75) is 110 Å². The minimum Gasteiger partial charge on any atom is -0.460 e. The summed E-state index contributed by atoms with van der Waals surface area (Å²) >= 11 is 0. The fourth-order valence-electron chi connectivity index (χ4n) is 11.7. The van der Waals surface area contributed by atoms with E-state index in [0.29, 0.717) is 29.1 Å². The molecule has 2 spiro atoms. The molecular formula is C30H42O5. The van der Waals surface area contributed by atoms with Crippen LogP contribution >= 0.6 is 0 Å². The molecule has 0 aromatic rings. The van der Waals surface area contributed by atoms with Crippen LogP contribution in [0.15, 0.2) is 12.2 Å². The molecule has 1 saturated heterocycles. The minimum atomic E-state index is -1.33. The molecule has 0 radical (unpaired) electrons. The Labute approximate surface area is 209 Å². The van der Waals surface area contributed by atoms with Crippen LogP contribution in [-0.4, -0.2) is 34.4 Å². The maximum Gasteiger partial charge on any atom is 0.338 e. The smallest absolute Gasteiger partial charge is 0.338 e. The first-order chi connectivity index (χ1) is 16.3. The maximum absolute atomic E-state index is 12.5. The van der Waals surface area contributed by atoms with Gasteiger partial charge in [0.15, 0.2) is 5.60 Å². The highest BCUT2D eigenvalue weighted by Gasteiger charge is 2.81. The molecule has 2 heterocycles. The van der Waals surface area contributed by atoms with E-state index >= 15 is 0 Å². The van der Waals surface area contributed by atoms with Crippen LogP contribution in [0, 0.1) is 51.2 Å².